The number of aliphatic hydroxyl groups is 1. The lowest BCUT2D eigenvalue weighted by Crippen LogP contribution is -2.51. The van der Waals surface area contributed by atoms with Gasteiger partial charge >= 0.3 is 0 Å². The summed E-state index contributed by atoms with van der Waals surface area (Å²) in [5.41, 5.74) is 5.67. The van der Waals surface area contributed by atoms with E-state index in [9.17, 15) is 0 Å². The third-order valence-corrected chi connectivity index (χ3v) is 1.42. The van der Waals surface area contributed by atoms with Crippen LogP contribution in [-0.4, -0.2) is 43.5 Å². The van der Waals surface area contributed by atoms with Gasteiger partial charge in [0.05, 0.1) is 27.7 Å². The molecule has 0 aliphatic rings. The molecule has 1 unspecified atom stereocenters. The summed E-state index contributed by atoms with van der Waals surface area (Å²) in [5.74, 6) is 0. The first-order valence-corrected chi connectivity index (χ1v) is 3.16. The maximum absolute atomic E-state index is 8.51. The highest BCUT2D eigenvalue weighted by Gasteiger charge is 2.16. The van der Waals surface area contributed by atoms with Crippen LogP contribution < -0.4 is 5.73 Å². The minimum atomic E-state index is 0.0509. The number of quaternary nitrogens is 1. The van der Waals surface area contributed by atoms with Crippen molar-refractivity contribution in [3.63, 3.8) is 0 Å². The molecular formula is C6H17N2O+. The van der Waals surface area contributed by atoms with Gasteiger partial charge in [-0.05, 0) is 0 Å². The largest absolute Gasteiger partial charge is 0.396 e. The van der Waals surface area contributed by atoms with Crippen LogP contribution in [0.1, 0.15) is 6.42 Å². The third kappa shape index (κ3) is 3.46. The molecule has 0 aromatic heterocycles. The molecule has 0 spiro atoms. The number of aliphatic hydroxyl groups excluding tert-OH is 1. The molecule has 0 aliphatic heterocycles. The van der Waals surface area contributed by atoms with Crippen LogP contribution in [0, 0.1) is 0 Å². The second kappa shape index (κ2) is 3.15. The van der Waals surface area contributed by atoms with Gasteiger partial charge in [-0.25, -0.2) is 0 Å². The van der Waals surface area contributed by atoms with Crippen molar-refractivity contribution in [1.82, 2.24) is 0 Å². The van der Waals surface area contributed by atoms with Gasteiger partial charge in [-0.1, -0.05) is 0 Å². The molecule has 0 amide bonds. The standard InChI is InChI=1S/C6H17N2O/c1-8(2,3)6(7)4-5-9/h6,9H,4-5,7H2,1-3H3/q+1. The van der Waals surface area contributed by atoms with E-state index in [2.05, 4.69) is 0 Å². The first kappa shape index (κ1) is 8.88. The van der Waals surface area contributed by atoms with E-state index in [1.165, 1.54) is 0 Å². The minimum absolute atomic E-state index is 0.0509. The Morgan fingerprint density at radius 3 is 2.00 bits per heavy atom. The average molecular weight is 133 g/mol. The Morgan fingerprint density at radius 2 is 1.89 bits per heavy atom. The highest BCUT2D eigenvalue weighted by molar-refractivity contribution is 4.44. The van der Waals surface area contributed by atoms with Crippen LogP contribution in [0.2, 0.25) is 0 Å². The van der Waals surface area contributed by atoms with Crippen LogP contribution in [0.4, 0.5) is 0 Å². The van der Waals surface area contributed by atoms with Gasteiger partial charge in [0.15, 0.2) is 0 Å². The van der Waals surface area contributed by atoms with Gasteiger partial charge in [-0.15, -0.1) is 0 Å². The Bertz CT molecular complexity index is 77.6. The molecule has 0 rings (SSSR count). The number of hydrogen-bond donors (Lipinski definition) is 2. The normalized spacial score (nSPS) is 15.7. The van der Waals surface area contributed by atoms with Gasteiger partial charge in [0, 0.05) is 6.42 Å². The molecule has 0 aromatic rings. The van der Waals surface area contributed by atoms with Crippen molar-refractivity contribution in [2.45, 2.75) is 12.6 Å². The van der Waals surface area contributed by atoms with Crippen molar-refractivity contribution >= 4 is 0 Å². The van der Waals surface area contributed by atoms with E-state index in [-0.39, 0.29) is 12.8 Å². The molecule has 0 radical (unpaired) electrons. The van der Waals surface area contributed by atoms with Crippen LogP contribution >= 0.6 is 0 Å². The van der Waals surface area contributed by atoms with Gasteiger partial charge in [0.25, 0.3) is 0 Å². The molecule has 0 saturated heterocycles. The van der Waals surface area contributed by atoms with E-state index < -0.39 is 0 Å². The second-order valence-corrected chi connectivity index (χ2v) is 3.20. The summed E-state index contributed by atoms with van der Waals surface area (Å²) >= 11 is 0. The van der Waals surface area contributed by atoms with Crippen molar-refractivity contribution in [2.75, 3.05) is 27.7 Å². The van der Waals surface area contributed by atoms with Gasteiger partial charge in [-0.3, -0.25) is 5.73 Å². The average Bonchev–Trinajstić information content (AvgIpc) is 1.64. The first-order chi connectivity index (χ1) is 3.98. The van der Waals surface area contributed by atoms with E-state index in [1.54, 1.807) is 0 Å². The molecule has 0 fully saturated rings. The second-order valence-electron chi connectivity index (χ2n) is 3.20. The zero-order valence-electron chi connectivity index (χ0n) is 6.46. The van der Waals surface area contributed by atoms with Crippen LogP contribution in [0.15, 0.2) is 0 Å². The zero-order chi connectivity index (χ0) is 7.49. The summed E-state index contributed by atoms with van der Waals surface area (Å²) in [7, 11) is 6.04. The van der Waals surface area contributed by atoms with E-state index in [0.717, 1.165) is 0 Å². The number of hydrogen-bond acceptors (Lipinski definition) is 2. The quantitative estimate of drug-likeness (QED) is 0.397. The maximum atomic E-state index is 8.51. The Labute approximate surface area is 56.7 Å². The first-order valence-electron chi connectivity index (χ1n) is 3.16. The predicted octanol–water partition coefficient (Wildman–Crippen LogP) is -0.640. The fourth-order valence-electron chi connectivity index (χ4n) is 0.520. The van der Waals surface area contributed by atoms with Crippen LogP contribution in [-0.2, 0) is 0 Å². The molecule has 3 nitrogen and oxygen atoms in total. The van der Waals surface area contributed by atoms with Crippen LogP contribution in [0.5, 0.6) is 0 Å². The smallest absolute Gasteiger partial charge is 0.141 e. The summed E-state index contributed by atoms with van der Waals surface area (Å²) in [6, 6.07) is 0. The minimum Gasteiger partial charge on any atom is -0.396 e. The summed E-state index contributed by atoms with van der Waals surface area (Å²) in [4.78, 5) is 0. The Morgan fingerprint density at radius 1 is 1.44 bits per heavy atom. The van der Waals surface area contributed by atoms with Gasteiger partial charge < -0.3 is 9.59 Å². The fraction of sp³-hybridized carbons (Fsp3) is 1.00. The summed E-state index contributed by atoms with van der Waals surface area (Å²) in [6.07, 6.45) is 0.721. The van der Waals surface area contributed by atoms with Crippen molar-refractivity contribution < 1.29 is 9.59 Å². The molecule has 3 N–H and O–H groups in total. The van der Waals surface area contributed by atoms with Crippen LogP contribution in [0.25, 0.3) is 0 Å². The molecule has 0 saturated carbocycles. The Kier molecular flexibility index (Phi) is 3.11. The molecule has 0 aromatic carbocycles. The maximum Gasteiger partial charge on any atom is 0.141 e. The van der Waals surface area contributed by atoms with Crippen molar-refractivity contribution in [2.24, 2.45) is 5.73 Å². The molecule has 56 valence electrons. The molecule has 3 heteroatoms. The lowest BCUT2D eigenvalue weighted by molar-refractivity contribution is -0.896. The van der Waals surface area contributed by atoms with Crippen molar-refractivity contribution in [1.29, 1.82) is 0 Å². The lowest BCUT2D eigenvalue weighted by Gasteiger charge is -2.30. The molecular weight excluding hydrogens is 116 g/mol. The highest BCUT2D eigenvalue weighted by atomic mass is 16.3. The molecule has 0 bridgehead atoms. The van der Waals surface area contributed by atoms with Crippen molar-refractivity contribution in [3.05, 3.63) is 0 Å². The van der Waals surface area contributed by atoms with E-state index in [1.807, 2.05) is 21.1 Å². The molecule has 0 aliphatic carbocycles. The molecule has 1 atom stereocenters. The molecule has 9 heavy (non-hydrogen) atoms. The van der Waals surface area contributed by atoms with E-state index in [0.29, 0.717) is 10.9 Å². The number of rotatable bonds is 3. The van der Waals surface area contributed by atoms with Gasteiger partial charge in [0.1, 0.15) is 6.17 Å². The SMILES string of the molecule is C[N+](C)(C)C(N)CCO. The lowest BCUT2D eigenvalue weighted by atomic mass is 10.3. The summed E-state index contributed by atoms with van der Waals surface area (Å²) in [6.45, 7) is 0.177. The summed E-state index contributed by atoms with van der Waals surface area (Å²) < 4.78 is 0.709. The Balaban J connectivity index is 3.59. The van der Waals surface area contributed by atoms with Gasteiger partial charge in [-0.2, -0.15) is 0 Å². The third-order valence-electron chi connectivity index (χ3n) is 1.42. The van der Waals surface area contributed by atoms with Gasteiger partial charge in [0.2, 0.25) is 0 Å². The van der Waals surface area contributed by atoms with E-state index in [4.69, 9.17) is 10.8 Å². The monoisotopic (exact) mass is 133 g/mol. The predicted molar refractivity (Wildman–Crippen MR) is 37.7 cm³/mol. The highest BCUT2D eigenvalue weighted by Crippen LogP contribution is 1.98. The van der Waals surface area contributed by atoms with Crippen molar-refractivity contribution in [3.8, 4) is 0 Å². The van der Waals surface area contributed by atoms with E-state index >= 15 is 0 Å². The number of nitrogens with zero attached hydrogens (tertiary/aromatic N) is 1. The summed E-state index contributed by atoms with van der Waals surface area (Å²) in [5, 5.41) is 8.51. The topological polar surface area (TPSA) is 46.2 Å². The van der Waals surface area contributed by atoms with Crippen LogP contribution in [0.3, 0.4) is 0 Å². The zero-order valence-corrected chi connectivity index (χ0v) is 6.46. The molecule has 0 heterocycles. The Hall–Kier alpha value is -0.120. The number of nitrogens with two attached hydrogens (primary N) is 1. The fourth-order valence-corrected chi connectivity index (χ4v) is 0.520.